The molecule has 0 spiro atoms. The molecule has 3 N–H and O–H groups in total. The lowest BCUT2D eigenvalue weighted by molar-refractivity contribution is -0.115. The monoisotopic (exact) mass is 632 g/mol. The van der Waals surface area contributed by atoms with E-state index in [-0.39, 0.29) is 11.6 Å². The number of hydrogen-bond acceptors (Lipinski definition) is 7. The Morgan fingerprint density at radius 2 is 1.73 bits per heavy atom. The van der Waals surface area contributed by atoms with Crippen molar-refractivity contribution in [3.8, 4) is 17.2 Å². The Hall–Kier alpha value is -5.37. The second-order valence-electron chi connectivity index (χ2n) is 9.96. The predicted octanol–water partition coefficient (Wildman–Crippen LogP) is 7.72. The van der Waals surface area contributed by atoms with Gasteiger partial charge in [0.15, 0.2) is 0 Å². The molecule has 1 atom stereocenters. The number of carbonyl (C=O) groups excluding carboxylic acids is 3. The highest BCUT2D eigenvalue weighted by molar-refractivity contribution is 8.00. The first kappa shape index (κ1) is 31.1. The Bertz CT molecular complexity index is 1890. The molecule has 0 saturated heterocycles. The normalized spacial score (nSPS) is 11.7. The number of nitrogens with one attached hydrogen (secondary N) is 3. The summed E-state index contributed by atoms with van der Waals surface area (Å²) < 4.78 is 5.36. The molecule has 2 heterocycles. The molecule has 0 radical (unpaired) electrons. The van der Waals surface area contributed by atoms with Crippen LogP contribution in [-0.4, -0.2) is 23.0 Å². The Morgan fingerprint density at radius 1 is 0.956 bits per heavy atom. The summed E-state index contributed by atoms with van der Waals surface area (Å²) in [7, 11) is 0. The molecule has 45 heavy (non-hydrogen) atoms. The van der Waals surface area contributed by atoms with Crippen LogP contribution in [0.15, 0.2) is 118 Å². The molecule has 2 aromatic heterocycles. The fourth-order valence-electron chi connectivity index (χ4n) is 4.28. The summed E-state index contributed by atoms with van der Waals surface area (Å²) in [5, 5.41) is 20.1. The van der Waals surface area contributed by atoms with Crippen LogP contribution in [0.5, 0.6) is 0 Å². The van der Waals surface area contributed by atoms with Crippen LogP contribution in [0.25, 0.3) is 17.2 Å². The van der Waals surface area contributed by atoms with Crippen molar-refractivity contribution in [2.45, 2.75) is 24.0 Å². The summed E-state index contributed by atoms with van der Waals surface area (Å²) in [6, 6.07) is 29.1. The van der Waals surface area contributed by atoms with Gasteiger partial charge in [-0.25, -0.2) is 0 Å². The Morgan fingerprint density at radius 3 is 2.44 bits per heavy atom. The number of aryl methyl sites for hydroxylation is 1. The topological polar surface area (TPSA) is 124 Å². The van der Waals surface area contributed by atoms with Crippen LogP contribution in [0.3, 0.4) is 0 Å². The van der Waals surface area contributed by atoms with Crippen LogP contribution in [0.2, 0.25) is 0 Å². The second-order valence-corrected chi connectivity index (χ2v) is 12.3. The molecule has 3 amide bonds. The van der Waals surface area contributed by atoms with Crippen molar-refractivity contribution in [3.63, 3.8) is 0 Å². The highest BCUT2D eigenvalue weighted by Crippen LogP contribution is 2.36. The maximum absolute atomic E-state index is 13.3. The second kappa shape index (κ2) is 14.4. The Kier molecular flexibility index (Phi) is 9.94. The number of nitriles is 1. The van der Waals surface area contributed by atoms with E-state index in [4.69, 9.17) is 4.42 Å². The maximum atomic E-state index is 13.3. The van der Waals surface area contributed by atoms with E-state index < -0.39 is 17.1 Å². The van der Waals surface area contributed by atoms with Crippen molar-refractivity contribution in [2.24, 2.45) is 0 Å². The van der Waals surface area contributed by atoms with E-state index in [1.807, 2.05) is 42.6 Å². The number of rotatable bonds is 10. The molecule has 1 unspecified atom stereocenters. The molecule has 224 valence electrons. The third-order valence-corrected chi connectivity index (χ3v) is 8.62. The van der Waals surface area contributed by atoms with E-state index in [2.05, 4.69) is 22.0 Å². The van der Waals surface area contributed by atoms with Crippen LogP contribution in [0.4, 0.5) is 10.7 Å². The first-order chi connectivity index (χ1) is 21.8. The molecule has 10 heteroatoms. The third-order valence-electron chi connectivity index (χ3n) is 6.63. The molecule has 5 aromatic rings. The van der Waals surface area contributed by atoms with Crippen LogP contribution < -0.4 is 16.0 Å². The van der Waals surface area contributed by atoms with E-state index in [0.717, 1.165) is 21.6 Å². The summed E-state index contributed by atoms with van der Waals surface area (Å²) in [6.07, 6.45) is 2.92. The minimum Gasteiger partial charge on any atom is -0.465 e. The molecular formula is C35H28N4O4S2. The zero-order chi connectivity index (χ0) is 31.8. The van der Waals surface area contributed by atoms with Gasteiger partial charge in [-0.15, -0.1) is 23.1 Å². The van der Waals surface area contributed by atoms with E-state index in [0.29, 0.717) is 27.6 Å². The zero-order valence-corrected chi connectivity index (χ0v) is 26.0. The van der Waals surface area contributed by atoms with Crippen molar-refractivity contribution in [3.05, 3.63) is 131 Å². The lowest BCUT2D eigenvalue weighted by atomic mass is 10.0. The van der Waals surface area contributed by atoms with Gasteiger partial charge in [-0.05, 0) is 61.9 Å². The summed E-state index contributed by atoms with van der Waals surface area (Å²) in [6.45, 7) is 3.77. The predicted molar refractivity (Wildman–Crippen MR) is 179 cm³/mol. The van der Waals surface area contributed by atoms with Gasteiger partial charge in [-0.3, -0.25) is 14.4 Å². The quantitative estimate of drug-likeness (QED) is 0.107. The van der Waals surface area contributed by atoms with Crippen LogP contribution in [-0.2, 0) is 9.59 Å². The minimum absolute atomic E-state index is 0.00106. The van der Waals surface area contributed by atoms with E-state index in [9.17, 15) is 19.6 Å². The molecule has 0 fully saturated rings. The van der Waals surface area contributed by atoms with Gasteiger partial charge in [0.05, 0.1) is 17.1 Å². The summed E-state index contributed by atoms with van der Waals surface area (Å²) in [4.78, 5) is 40.0. The molecule has 0 bridgehead atoms. The molecule has 0 aliphatic heterocycles. The van der Waals surface area contributed by atoms with Crippen molar-refractivity contribution in [2.75, 3.05) is 10.6 Å². The summed E-state index contributed by atoms with van der Waals surface area (Å²) in [5.41, 5.74) is 4.12. The number of carbonyl (C=O) groups is 3. The number of hydrogen-bond donors (Lipinski definition) is 3. The number of furan rings is 1. The average molecular weight is 633 g/mol. The number of nitrogens with zero attached hydrogens (tertiary/aromatic N) is 1. The smallest absolute Gasteiger partial charge is 0.272 e. The maximum Gasteiger partial charge on any atom is 0.272 e. The van der Waals surface area contributed by atoms with Crippen molar-refractivity contribution < 1.29 is 18.8 Å². The fourth-order valence-corrected chi connectivity index (χ4v) is 6.13. The zero-order valence-electron chi connectivity index (χ0n) is 24.4. The van der Waals surface area contributed by atoms with Gasteiger partial charge in [0.1, 0.15) is 22.5 Å². The number of anilines is 2. The first-order valence-electron chi connectivity index (χ1n) is 13.9. The standard InChI is InChI=1S/C35H28N4O4S2/c1-22-13-15-24(16-14-22)30-21-44-35(29(30)20-36)39-32(40)23(2)45-28-12-6-10-26(18-28)37-34(42)31(19-27-11-7-17-43-27)38-33(41)25-8-4-3-5-9-25/h3-19,21,23H,1-2H3,(H,37,42)(H,38,41)(H,39,40)/b31-19-. The molecule has 5 rings (SSSR count). The molecule has 0 aliphatic carbocycles. The molecule has 0 aliphatic rings. The highest BCUT2D eigenvalue weighted by Gasteiger charge is 2.20. The molecule has 3 aromatic carbocycles. The number of thioether (sulfide) groups is 1. The third kappa shape index (κ3) is 7.97. The molecule has 8 nitrogen and oxygen atoms in total. The van der Waals surface area contributed by atoms with E-state index >= 15 is 0 Å². The SMILES string of the molecule is Cc1ccc(-c2csc(NC(=O)C(C)Sc3cccc(NC(=O)/C(=C/c4ccco4)NC(=O)c4ccccc4)c3)c2C#N)cc1. The van der Waals surface area contributed by atoms with Crippen LogP contribution >= 0.6 is 23.1 Å². The van der Waals surface area contributed by atoms with E-state index in [1.165, 1.54) is 35.4 Å². The van der Waals surface area contributed by atoms with Crippen LogP contribution in [0, 0.1) is 18.3 Å². The first-order valence-corrected chi connectivity index (χ1v) is 15.7. The molecular weight excluding hydrogens is 605 g/mol. The van der Waals surface area contributed by atoms with Gasteiger partial charge in [0, 0.05) is 33.2 Å². The van der Waals surface area contributed by atoms with Gasteiger partial charge >= 0.3 is 0 Å². The Labute approximate surface area is 268 Å². The molecule has 0 saturated carbocycles. The van der Waals surface area contributed by atoms with Crippen molar-refractivity contribution in [1.29, 1.82) is 5.26 Å². The summed E-state index contributed by atoms with van der Waals surface area (Å²) >= 11 is 2.62. The van der Waals surface area contributed by atoms with Crippen molar-refractivity contribution in [1.82, 2.24) is 5.32 Å². The van der Waals surface area contributed by atoms with Gasteiger partial charge in [0.2, 0.25) is 5.91 Å². The van der Waals surface area contributed by atoms with Crippen LogP contribution in [0.1, 0.15) is 34.2 Å². The average Bonchev–Trinajstić information content (AvgIpc) is 3.71. The minimum atomic E-state index is -0.547. The van der Waals surface area contributed by atoms with Gasteiger partial charge in [-0.1, -0.05) is 54.1 Å². The number of benzene rings is 3. The largest absolute Gasteiger partial charge is 0.465 e. The van der Waals surface area contributed by atoms with Gasteiger partial charge < -0.3 is 20.4 Å². The van der Waals surface area contributed by atoms with Gasteiger partial charge in [-0.2, -0.15) is 5.26 Å². The highest BCUT2D eigenvalue weighted by atomic mass is 32.2. The fraction of sp³-hybridized carbons (Fsp3) is 0.0857. The number of thiophene rings is 1. The van der Waals surface area contributed by atoms with Crippen molar-refractivity contribution >= 4 is 57.6 Å². The Balaban J connectivity index is 1.26. The van der Waals surface area contributed by atoms with Gasteiger partial charge in [0.25, 0.3) is 11.8 Å². The lowest BCUT2D eigenvalue weighted by Gasteiger charge is -2.14. The summed E-state index contributed by atoms with van der Waals surface area (Å²) in [5.74, 6) is -0.844. The number of amides is 3. The lowest BCUT2D eigenvalue weighted by Crippen LogP contribution is -2.30. The van der Waals surface area contributed by atoms with E-state index in [1.54, 1.807) is 67.6 Å².